The zero-order valence-corrected chi connectivity index (χ0v) is 17.0. The van der Waals surface area contributed by atoms with E-state index in [-0.39, 0.29) is 11.5 Å². The van der Waals surface area contributed by atoms with Crippen molar-refractivity contribution in [3.8, 4) is 0 Å². The monoisotopic (exact) mass is 431 g/mol. The molecule has 0 aliphatic carbocycles. The number of amides is 1. The molecule has 5 nitrogen and oxygen atoms in total. The third-order valence-corrected chi connectivity index (χ3v) is 5.63. The highest BCUT2D eigenvalue weighted by molar-refractivity contribution is 9.10. The van der Waals surface area contributed by atoms with Crippen LogP contribution in [0.1, 0.15) is 12.5 Å². The maximum Gasteiger partial charge on any atom is 0.261 e. The van der Waals surface area contributed by atoms with Crippen molar-refractivity contribution < 1.29 is 4.79 Å². The van der Waals surface area contributed by atoms with E-state index in [0.717, 1.165) is 15.7 Å². The van der Waals surface area contributed by atoms with Gasteiger partial charge < -0.3 is 5.32 Å². The minimum Gasteiger partial charge on any atom is -0.325 e. The van der Waals surface area contributed by atoms with Gasteiger partial charge in [-0.25, -0.2) is 4.98 Å². The van der Waals surface area contributed by atoms with Crippen LogP contribution in [0.3, 0.4) is 0 Å². The second kappa shape index (κ2) is 7.63. The molecule has 1 amide bonds. The number of aromatic nitrogens is 2. The molecule has 0 saturated heterocycles. The van der Waals surface area contributed by atoms with Gasteiger partial charge in [-0.05, 0) is 50.2 Å². The molecule has 0 aliphatic rings. The molecule has 2 aromatic carbocycles. The Bertz CT molecular complexity index is 1030. The smallest absolute Gasteiger partial charge is 0.261 e. The molecule has 7 heteroatoms. The van der Waals surface area contributed by atoms with Gasteiger partial charge in [-0.3, -0.25) is 14.2 Å². The van der Waals surface area contributed by atoms with Crippen molar-refractivity contribution in [2.24, 2.45) is 7.05 Å². The van der Waals surface area contributed by atoms with Gasteiger partial charge in [-0.15, -0.1) is 0 Å². The molecule has 0 spiro atoms. The molecule has 0 fully saturated rings. The fraction of sp³-hybridized carbons (Fsp3) is 0.211. The normalized spacial score (nSPS) is 12.2. The van der Waals surface area contributed by atoms with Gasteiger partial charge in [0.1, 0.15) is 0 Å². The van der Waals surface area contributed by atoms with E-state index >= 15 is 0 Å². The Kier molecular flexibility index (Phi) is 5.48. The summed E-state index contributed by atoms with van der Waals surface area (Å²) >= 11 is 4.63. The lowest BCUT2D eigenvalue weighted by Crippen LogP contribution is -2.25. The topological polar surface area (TPSA) is 64.0 Å². The third kappa shape index (κ3) is 3.99. The standard InChI is InChI=1S/C19H18BrN3O2S/c1-11-4-9-16-15(10-11)18(25)23(3)19(22-16)26-12(2)17(24)21-14-7-5-13(20)6-8-14/h4-10,12H,1-3H3,(H,21,24). The van der Waals surface area contributed by atoms with Crippen molar-refractivity contribution in [3.63, 3.8) is 0 Å². The summed E-state index contributed by atoms with van der Waals surface area (Å²) in [5.41, 5.74) is 2.27. The van der Waals surface area contributed by atoms with Crippen LogP contribution in [0, 0.1) is 6.92 Å². The number of aryl methyl sites for hydroxylation is 1. The van der Waals surface area contributed by atoms with E-state index in [4.69, 9.17) is 0 Å². The van der Waals surface area contributed by atoms with Gasteiger partial charge in [-0.1, -0.05) is 39.3 Å². The predicted molar refractivity (Wildman–Crippen MR) is 110 cm³/mol. The number of fused-ring (bicyclic) bond motifs is 1. The van der Waals surface area contributed by atoms with Gasteiger partial charge in [0.2, 0.25) is 5.91 Å². The molecule has 1 heterocycles. The Hall–Kier alpha value is -2.12. The van der Waals surface area contributed by atoms with E-state index in [9.17, 15) is 9.59 Å². The summed E-state index contributed by atoms with van der Waals surface area (Å²) in [7, 11) is 1.68. The van der Waals surface area contributed by atoms with Crippen molar-refractivity contribution >= 4 is 50.2 Å². The largest absolute Gasteiger partial charge is 0.325 e. The van der Waals surface area contributed by atoms with Crippen LogP contribution in [0.25, 0.3) is 10.9 Å². The SMILES string of the molecule is Cc1ccc2nc(SC(C)C(=O)Nc3ccc(Br)cc3)n(C)c(=O)c2c1. The number of anilines is 1. The van der Waals surface area contributed by atoms with Gasteiger partial charge in [0.25, 0.3) is 5.56 Å². The fourth-order valence-electron chi connectivity index (χ4n) is 2.46. The Balaban J connectivity index is 1.82. The summed E-state index contributed by atoms with van der Waals surface area (Å²) in [5.74, 6) is -0.143. The molecule has 1 aromatic heterocycles. The van der Waals surface area contributed by atoms with Crippen molar-refractivity contribution in [1.29, 1.82) is 0 Å². The van der Waals surface area contributed by atoms with E-state index in [0.29, 0.717) is 16.1 Å². The summed E-state index contributed by atoms with van der Waals surface area (Å²) in [6.07, 6.45) is 0. The summed E-state index contributed by atoms with van der Waals surface area (Å²) in [4.78, 5) is 29.6. The molecule has 1 atom stereocenters. The molecular weight excluding hydrogens is 414 g/mol. The maximum absolute atomic E-state index is 12.6. The van der Waals surface area contributed by atoms with Crippen LogP contribution in [-0.4, -0.2) is 20.7 Å². The Labute approximate surface area is 164 Å². The summed E-state index contributed by atoms with van der Waals surface area (Å²) in [5, 5.41) is 3.57. The number of halogens is 1. The first-order valence-electron chi connectivity index (χ1n) is 8.05. The van der Waals surface area contributed by atoms with Crippen molar-refractivity contribution in [3.05, 3.63) is 62.9 Å². The number of hydrogen-bond acceptors (Lipinski definition) is 4. The molecule has 0 aliphatic heterocycles. The average molecular weight is 432 g/mol. The van der Waals surface area contributed by atoms with Crippen LogP contribution >= 0.6 is 27.7 Å². The lowest BCUT2D eigenvalue weighted by atomic mass is 10.2. The second-order valence-corrected chi connectivity index (χ2v) is 8.26. The highest BCUT2D eigenvalue weighted by Gasteiger charge is 2.18. The molecule has 0 saturated carbocycles. The highest BCUT2D eigenvalue weighted by atomic mass is 79.9. The summed E-state index contributed by atoms with van der Waals surface area (Å²) in [6, 6.07) is 13.0. The number of nitrogens with zero attached hydrogens (tertiary/aromatic N) is 2. The maximum atomic E-state index is 12.6. The quantitative estimate of drug-likeness (QED) is 0.498. The van der Waals surface area contributed by atoms with Gasteiger partial charge in [-0.2, -0.15) is 0 Å². The molecule has 3 rings (SSSR count). The number of hydrogen-bond donors (Lipinski definition) is 1. The Morgan fingerprint density at radius 2 is 1.92 bits per heavy atom. The number of rotatable bonds is 4. The number of benzene rings is 2. The van der Waals surface area contributed by atoms with E-state index in [1.165, 1.54) is 16.3 Å². The third-order valence-electron chi connectivity index (χ3n) is 3.95. The van der Waals surface area contributed by atoms with E-state index in [2.05, 4.69) is 26.2 Å². The van der Waals surface area contributed by atoms with Crippen LogP contribution in [0.4, 0.5) is 5.69 Å². The predicted octanol–water partition coefficient (Wildman–Crippen LogP) is 4.12. The molecular formula is C19H18BrN3O2S. The van der Waals surface area contributed by atoms with Crippen LogP contribution in [0.15, 0.2) is 56.9 Å². The van der Waals surface area contributed by atoms with E-state index < -0.39 is 5.25 Å². The zero-order chi connectivity index (χ0) is 18.8. The van der Waals surface area contributed by atoms with Crippen molar-refractivity contribution in [2.45, 2.75) is 24.3 Å². The number of carbonyl (C=O) groups is 1. The average Bonchev–Trinajstić information content (AvgIpc) is 2.62. The zero-order valence-electron chi connectivity index (χ0n) is 14.6. The molecule has 0 radical (unpaired) electrons. The molecule has 1 unspecified atom stereocenters. The van der Waals surface area contributed by atoms with Crippen molar-refractivity contribution in [2.75, 3.05) is 5.32 Å². The number of carbonyl (C=O) groups excluding carboxylic acids is 1. The Morgan fingerprint density at radius 1 is 1.23 bits per heavy atom. The number of thioether (sulfide) groups is 1. The lowest BCUT2D eigenvalue weighted by Gasteiger charge is -2.14. The first-order valence-corrected chi connectivity index (χ1v) is 9.73. The van der Waals surface area contributed by atoms with Crippen LogP contribution in [0.5, 0.6) is 0 Å². The van der Waals surface area contributed by atoms with Gasteiger partial charge in [0, 0.05) is 17.2 Å². The lowest BCUT2D eigenvalue weighted by molar-refractivity contribution is -0.115. The Morgan fingerprint density at radius 3 is 2.62 bits per heavy atom. The molecule has 134 valence electrons. The summed E-state index contributed by atoms with van der Waals surface area (Å²) in [6.45, 7) is 3.74. The van der Waals surface area contributed by atoms with Crippen LogP contribution in [0.2, 0.25) is 0 Å². The molecule has 1 N–H and O–H groups in total. The van der Waals surface area contributed by atoms with Gasteiger partial charge in [0.05, 0.1) is 16.2 Å². The highest BCUT2D eigenvalue weighted by Crippen LogP contribution is 2.23. The minimum atomic E-state index is -0.403. The van der Waals surface area contributed by atoms with Gasteiger partial charge >= 0.3 is 0 Å². The minimum absolute atomic E-state index is 0.110. The van der Waals surface area contributed by atoms with Gasteiger partial charge in [0.15, 0.2) is 5.16 Å². The van der Waals surface area contributed by atoms with E-state index in [1.54, 1.807) is 14.0 Å². The fourth-order valence-corrected chi connectivity index (χ4v) is 3.60. The van der Waals surface area contributed by atoms with Crippen LogP contribution < -0.4 is 10.9 Å². The van der Waals surface area contributed by atoms with Crippen LogP contribution in [-0.2, 0) is 11.8 Å². The first kappa shape index (κ1) is 18.7. The molecule has 3 aromatic rings. The van der Waals surface area contributed by atoms with Crippen molar-refractivity contribution in [1.82, 2.24) is 9.55 Å². The molecule has 26 heavy (non-hydrogen) atoms. The molecule has 0 bridgehead atoms. The number of nitrogens with one attached hydrogen (secondary N) is 1. The van der Waals surface area contributed by atoms with E-state index in [1.807, 2.05) is 49.4 Å². The second-order valence-electron chi connectivity index (χ2n) is 6.04. The first-order chi connectivity index (χ1) is 12.3. The summed E-state index contributed by atoms with van der Waals surface area (Å²) < 4.78 is 2.44.